The number of aliphatic carboxylic acids is 1. The number of carbonyl (C=O) groups is 2. The van der Waals surface area contributed by atoms with Gasteiger partial charge in [0.2, 0.25) is 5.91 Å². The molecular formula is C14H16N4O5. The number of benzene rings is 1. The molecule has 2 aromatic rings. The third-order valence-electron chi connectivity index (χ3n) is 3.91. The van der Waals surface area contributed by atoms with Crippen LogP contribution in [-0.2, 0) is 22.1 Å². The number of hydrogen-bond acceptors (Lipinski definition) is 5. The van der Waals surface area contributed by atoms with Crippen molar-refractivity contribution in [2.24, 2.45) is 12.8 Å². The first-order chi connectivity index (χ1) is 10.7. The van der Waals surface area contributed by atoms with Crippen molar-refractivity contribution in [3.05, 3.63) is 34.0 Å². The van der Waals surface area contributed by atoms with Gasteiger partial charge >= 0.3 is 5.97 Å². The van der Waals surface area contributed by atoms with E-state index in [0.29, 0.717) is 5.39 Å². The molecular weight excluding hydrogens is 304 g/mol. The molecule has 3 N–H and O–H groups in total. The highest BCUT2D eigenvalue weighted by Gasteiger charge is 2.40. The Morgan fingerprint density at radius 1 is 1.48 bits per heavy atom. The quantitative estimate of drug-likeness (QED) is 0.602. The molecule has 0 aliphatic carbocycles. The van der Waals surface area contributed by atoms with Gasteiger partial charge in [-0.15, -0.1) is 0 Å². The number of carbonyl (C=O) groups excluding carboxylic acids is 1. The number of fused-ring (bicyclic) bond motifs is 1. The molecule has 0 saturated heterocycles. The first-order valence-electron chi connectivity index (χ1n) is 6.80. The highest BCUT2D eigenvalue weighted by atomic mass is 16.6. The summed E-state index contributed by atoms with van der Waals surface area (Å²) < 4.78 is 1.29. The van der Waals surface area contributed by atoms with Gasteiger partial charge in [-0.2, -0.15) is 5.10 Å². The zero-order valence-electron chi connectivity index (χ0n) is 12.6. The van der Waals surface area contributed by atoms with E-state index in [9.17, 15) is 24.8 Å². The number of carboxylic acids is 1. The fourth-order valence-electron chi connectivity index (χ4n) is 2.57. The molecule has 23 heavy (non-hydrogen) atoms. The van der Waals surface area contributed by atoms with Crippen LogP contribution in [0.4, 0.5) is 5.69 Å². The Bertz CT molecular complexity index is 813. The molecule has 1 heterocycles. The number of primary amides is 1. The third kappa shape index (κ3) is 2.72. The topological polar surface area (TPSA) is 141 Å². The molecule has 0 radical (unpaired) electrons. The van der Waals surface area contributed by atoms with Gasteiger partial charge < -0.3 is 10.8 Å². The van der Waals surface area contributed by atoms with Crippen molar-refractivity contribution in [2.75, 3.05) is 0 Å². The number of amides is 1. The van der Waals surface area contributed by atoms with Gasteiger partial charge in [-0.3, -0.25) is 24.4 Å². The lowest BCUT2D eigenvalue weighted by atomic mass is 9.80. The number of hydrogen-bond donors (Lipinski definition) is 2. The molecule has 0 spiro atoms. The second kappa shape index (κ2) is 5.67. The first-order valence-corrected chi connectivity index (χ1v) is 6.80. The van der Waals surface area contributed by atoms with Crippen molar-refractivity contribution >= 4 is 28.5 Å². The summed E-state index contributed by atoms with van der Waals surface area (Å²) in [4.78, 5) is 33.4. The fraction of sp³-hybridized carbons (Fsp3) is 0.357. The fourth-order valence-corrected chi connectivity index (χ4v) is 2.57. The molecule has 0 aliphatic heterocycles. The number of rotatable bonds is 6. The minimum absolute atomic E-state index is 0.0491. The van der Waals surface area contributed by atoms with Crippen LogP contribution in [0, 0.1) is 10.1 Å². The summed E-state index contributed by atoms with van der Waals surface area (Å²) in [6.07, 6.45) is -0.178. The van der Waals surface area contributed by atoms with Crippen molar-refractivity contribution in [3.63, 3.8) is 0 Å². The summed E-state index contributed by atoms with van der Waals surface area (Å²) >= 11 is 0. The van der Waals surface area contributed by atoms with Crippen LogP contribution in [0.5, 0.6) is 0 Å². The molecule has 0 aliphatic rings. The molecule has 0 bridgehead atoms. The molecule has 122 valence electrons. The van der Waals surface area contributed by atoms with Crippen LogP contribution in [0.15, 0.2) is 18.2 Å². The molecule has 9 nitrogen and oxygen atoms in total. The highest BCUT2D eigenvalue weighted by molar-refractivity contribution is 5.95. The predicted octanol–water partition coefficient (Wildman–Crippen LogP) is 1.09. The van der Waals surface area contributed by atoms with Crippen molar-refractivity contribution < 1.29 is 19.6 Å². The zero-order chi connectivity index (χ0) is 17.4. The van der Waals surface area contributed by atoms with Gasteiger partial charge in [0.25, 0.3) is 5.69 Å². The van der Waals surface area contributed by atoms with Gasteiger partial charge in [-0.05, 0) is 13.3 Å². The molecule has 1 aromatic carbocycles. The Kier molecular flexibility index (Phi) is 4.04. The molecule has 1 atom stereocenters. The van der Waals surface area contributed by atoms with Crippen molar-refractivity contribution in [3.8, 4) is 0 Å². The molecule has 9 heteroatoms. The minimum Gasteiger partial charge on any atom is -0.481 e. The number of carboxylic acid groups (broad SMARTS) is 1. The van der Waals surface area contributed by atoms with E-state index < -0.39 is 22.2 Å². The Hall–Kier alpha value is -2.97. The maximum Gasteiger partial charge on any atom is 0.315 e. The van der Waals surface area contributed by atoms with Gasteiger partial charge in [0.15, 0.2) is 0 Å². The summed E-state index contributed by atoms with van der Waals surface area (Å²) in [6, 6.07) is 4.38. The van der Waals surface area contributed by atoms with E-state index in [0.717, 1.165) is 0 Å². The summed E-state index contributed by atoms with van der Waals surface area (Å²) in [7, 11) is 1.51. The lowest BCUT2D eigenvalue weighted by Gasteiger charge is -2.22. The van der Waals surface area contributed by atoms with E-state index in [1.54, 1.807) is 6.07 Å². The Labute approximate surface area is 130 Å². The van der Waals surface area contributed by atoms with E-state index >= 15 is 0 Å². The smallest absolute Gasteiger partial charge is 0.315 e. The summed E-state index contributed by atoms with van der Waals surface area (Å²) in [5, 5.41) is 25.3. The van der Waals surface area contributed by atoms with E-state index in [4.69, 9.17) is 5.73 Å². The molecule has 2 rings (SSSR count). The number of nitrogens with zero attached hydrogens (tertiary/aromatic N) is 3. The largest absolute Gasteiger partial charge is 0.481 e. The average molecular weight is 320 g/mol. The monoisotopic (exact) mass is 320 g/mol. The number of nitro groups is 1. The summed E-state index contributed by atoms with van der Waals surface area (Å²) in [6.45, 7) is 1.43. The highest BCUT2D eigenvalue weighted by Crippen LogP contribution is 2.36. The van der Waals surface area contributed by atoms with E-state index in [2.05, 4.69) is 5.10 Å². The molecule has 1 unspecified atom stereocenters. The lowest BCUT2D eigenvalue weighted by Crippen LogP contribution is -2.34. The van der Waals surface area contributed by atoms with Gasteiger partial charge in [0.1, 0.15) is 10.9 Å². The zero-order valence-corrected chi connectivity index (χ0v) is 12.6. The first kappa shape index (κ1) is 16.4. The van der Waals surface area contributed by atoms with Crippen LogP contribution in [0.2, 0.25) is 0 Å². The second-order valence-corrected chi connectivity index (χ2v) is 5.51. The number of non-ortho nitro benzene ring substituents is 1. The van der Waals surface area contributed by atoms with E-state index in [1.165, 1.54) is 30.8 Å². The maximum absolute atomic E-state index is 11.8. The second-order valence-electron chi connectivity index (χ2n) is 5.51. The number of para-hydroxylation sites is 1. The number of nitro benzene ring substituents is 1. The number of aryl methyl sites for hydroxylation is 1. The van der Waals surface area contributed by atoms with E-state index in [1.807, 2.05) is 0 Å². The van der Waals surface area contributed by atoms with Crippen LogP contribution in [0.1, 0.15) is 25.5 Å². The van der Waals surface area contributed by atoms with Crippen LogP contribution in [0.3, 0.4) is 0 Å². The molecule has 1 amide bonds. The van der Waals surface area contributed by atoms with Gasteiger partial charge in [0.05, 0.1) is 10.6 Å². The third-order valence-corrected chi connectivity index (χ3v) is 3.91. The Morgan fingerprint density at radius 3 is 2.65 bits per heavy atom. The Morgan fingerprint density at radius 2 is 2.13 bits per heavy atom. The molecule has 0 saturated carbocycles. The van der Waals surface area contributed by atoms with Crippen molar-refractivity contribution in [1.82, 2.24) is 9.78 Å². The van der Waals surface area contributed by atoms with Gasteiger partial charge in [-0.1, -0.05) is 12.1 Å². The van der Waals surface area contributed by atoms with Gasteiger partial charge in [-0.25, -0.2) is 0 Å². The minimum atomic E-state index is -1.48. The van der Waals surface area contributed by atoms with Crippen LogP contribution in [0.25, 0.3) is 10.9 Å². The standard InChI is InChI=1S/C14H16N4O5/c1-14(13(20)21,7-6-10(15)19)12-8-4-3-5-9(18(22)23)11(8)17(2)16-12/h3-5H,6-7H2,1-2H3,(H2,15,19)(H,20,21). The normalized spacial score (nSPS) is 13.7. The lowest BCUT2D eigenvalue weighted by molar-refractivity contribution is -0.383. The van der Waals surface area contributed by atoms with Crippen LogP contribution in [-0.4, -0.2) is 31.7 Å². The average Bonchev–Trinajstić information content (AvgIpc) is 2.82. The predicted molar refractivity (Wildman–Crippen MR) is 80.8 cm³/mol. The van der Waals surface area contributed by atoms with Crippen molar-refractivity contribution in [1.29, 1.82) is 0 Å². The molecule has 0 fully saturated rings. The number of aromatic nitrogens is 2. The maximum atomic E-state index is 11.8. The Balaban J connectivity index is 2.70. The number of nitrogens with two attached hydrogens (primary N) is 1. The van der Waals surface area contributed by atoms with Crippen LogP contribution >= 0.6 is 0 Å². The summed E-state index contributed by atoms with van der Waals surface area (Å²) in [5.74, 6) is -1.80. The van der Waals surface area contributed by atoms with E-state index in [-0.39, 0.29) is 29.7 Å². The summed E-state index contributed by atoms with van der Waals surface area (Å²) in [5.41, 5.74) is 3.88. The van der Waals surface area contributed by atoms with Gasteiger partial charge in [0, 0.05) is 24.9 Å². The SMILES string of the molecule is Cn1nc(C(C)(CCC(N)=O)C(=O)O)c2cccc([N+](=O)[O-])c21. The van der Waals surface area contributed by atoms with Crippen molar-refractivity contribution in [2.45, 2.75) is 25.2 Å². The molecule has 1 aromatic heterocycles. The van der Waals surface area contributed by atoms with Crippen LogP contribution < -0.4 is 5.73 Å².